The number of aromatic nitrogens is 2. The van der Waals surface area contributed by atoms with Gasteiger partial charge < -0.3 is 21.3 Å². The van der Waals surface area contributed by atoms with Gasteiger partial charge in [-0.2, -0.15) is 4.98 Å². The third kappa shape index (κ3) is 4.84. The maximum atomic E-state index is 10.9. The fourth-order valence-electron chi connectivity index (χ4n) is 1.83. The summed E-state index contributed by atoms with van der Waals surface area (Å²) in [6, 6.07) is 2.95. The van der Waals surface area contributed by atoms with Gasteiger partial charge in [0.1, 0.15) is 11.5 Å². The van der Waals surface area contributed by atoms with Gasteiger partial charge in [-0.1, -0.05) is 34.1 Å². The first-order valence-electron chi connectivity index (χ1n) is 7.71. The standard InChI is InChI=1S/C14H16N4O3.C3H8/c1-7(2)9-4-10(20)8(6-19)3-11(9)21-12-5-17-14(16)18-13(12)15;1-3-2/h3-7,20H,1-2H3,(H4,15,16,17,18);3H2,1-2H3. The molecule has 0 fully saturated rings. The average molecular weight is 332 g/mol. The summed E-state index contributed by atoms with van der Waals surface area (Å²) >= 11 is 0. The molecule has 0 saturated carbocycles. The number of nitrogens with two attached hydrogens (primary N) is 2. The predicted molar refractivity (Wildman–Crippen MR) is 94.5 cm³/mol. The van der Waals surface area contributed by atoms with E-state index in [0.717, 1.165) is 5.56 Å². The van der Waals surface area contributed by atoms with Crippen molar-refractivity contribution < 1.29 is 14.6 Å². The number of phenolic OH excluding ortho intramolecular Hbond substituents is 1. The first-order chi connectivity index (χ1) is 11.3. The van der Waals surface area contributed by atoms with Crippen LogP contribution in [0.4, 0.5) is 11.8 Å². The number of carbonyl (C=O) groups excluding carboxylic acids is 1. The van der Waals surface area contributed by atoms with Crippen LogP contribution < -0.4 is 16.2 Å². The fraction of sp³-hybridized carbons (Fsp3) is 0.353. The first kappa shape index (κ1) is 19.2. The van der Waals surface area contributed by atoms with Gasteiger partial charge in [-0.05, 0) is 18.1 Å². The highest BCUT2D eigenvalue weighted by atomic mass is 16.5. The van der Waals surface area contributed by atoms with Crippen LogP contribution in [0.3, 0.4) is 0 Å². The number of aromatic hydroxyl groups is 1. The number of ether oxygens (including phenoxy) is 1. The number of hydrogen-bond acceptors (Lipinski definition) is 7. The summed E-state index contributed by atoms with van der Waals surface area (Å²) in [6.07, 6.45) is 3.16. The zero-order chi connectivity index (χ0) is 18.3. The van der Waals surface area contributed by atoms with Crippen LogP contribution in [0, 0.1) is 0 Å². The van der Waals surface area contributed by atoms with Crippen LogP contribution in [0.1, 0.15) is 56.0 Å². The molecule has 7 nitrogen and oxygen atoms in total. The van der Waals surface area contributed by atoms with E-state index in [1.165, 1.54) is 24.8 Å². The number of aldehydes is 1. The largest absolute Gasteiger partial charge is 0.507 e. The van der Waals surface area contributed by atoms with Crippen LogP contribution >= 0.6 is 0 Å². The average Bonchev–Trinajstić information content (AvgIpc) is 2.51. The van der Waals surface area contributed by atoms with Crippen molar-refractivity contribution in [1.82, 2.24) is 9.97 Å². The number of nitrogen functional groups attached to an aromatic ring is 2. The third-order valence-corrected chi connectivity index (χ3v) is 2.93. The molecule has 0 unspecified atom stereocenters. The van der Waals surface area contributed by atoms with Crippen molar-refractivity contribution in [3.05, 3.63) is 29.5 Å². The fourth-order valence-corrected chi connectivity index (χ4v) is 1.83. The summed E-state index contributed by atoms with van der Waals surface area (Å²) in [5.41, 5.74) is 12.0. The number of carbonyl (C=O) groups is 1. The Morgan fingerprint density at radius 1 is 1.25 bits per heavy atom. The van der Waals surface area contributed by atoms with Crippen molar-refractivity contribution >= 4 is 18.1 Å². The maximum Gasteiger partial charge on any atom is 0.222 e. The SMILES string of the molecule is CC(C)c1cc(O)c(C=O)cc1Oc1cnc(N)nc1N.CCC. The summed E-state index contributed by atoms with van der Waals surface area (Å²) in [7, 11) is 0. The Morgan fingerprint density at radius 3 is 2.38 bits per heavy atom. The topological polar surface area (TPSA) is 124 Å². The van der Waals surface area contributed by atoms with E-state index in [2.05, 4.69) is 23.8 Å². The lowest BCUT2D eigenvalue weighted by molar-refractivity contribution is 0.112. The molecule has 1 aromatic carbocycles. The molecule has 130 valence electrons. The van der Waals surface area contributed by atoms with Crippen LogP contribution in [0.15, 0.2) is 18.3 Å². The van der Waals surface area contributed by atoms with Gasteiger partial charge in [-0.3, -0.25) is 4.79 Å². The second kappa shape index (κ2) is 8.71. The van der Waals surface area contributed by atoms with Crippen LogP contribution in [0.25, 0.3) is 0 Å². The Labute approximate surface area is 141 Å². The quantitative estimate of drug-likeness (QED) is 0.732. The molecule has 0 aliphatic rings. The van der Waals surface area contributed by atoms with Crippen LogP contribution in [-0.4, -0.2) is 21.4 Å². The van der Waals surface area contributed by atoms with Crippen molar-refractivity contribution in [2.45, 2.75) is 40.0 Å². The highest BCUT2D eigenvalue weighted by Crippen LogP contribution is 2.36. The van der Waals surface area contributed by atoms with Gasteiger partial charge in [-0.25, -0.2) is 4.98 Å². The lowest BCUT2D eigenvalue weighted by atomic mass is 9.99. The molecule has 5 N–H and O–H groups in total. The first-order valence-corrected chi connectivity index (χ1v) is 7.71. The number of hydrogen-bond donors (Lipinski definition) is 3. The third-order valence-electron chi connectivity index (χ3n) is 2.93. The van der Waals surface area contributed by atoms with Crippen LogP contribution in [0.5, 0.6) is 17.2 Å². The zero-order valence-corrected chi connectivity index (χ0v) is 14.4. The molecule has 0 saturated heterocycles. The number of anilines is 2. The molecule has 1 aromatic heterocycles. The van der Waals surface area contributed by atoms with Crippen molar-refractivity contribution in [3.8, 4) is 17.2 Å². The molecule has 0 aliphatic heterocycles. The summed E-state index contributed by atoms with van der Waals surface area (Å²) in [5, 5.41) is 9.77. The summed E-state index contributed by atoms with van der Waals surface area (Å²) in [4.78, 5) is 18.6. The van der Waals surface area contributed by atoms with Gasteiger partial charge in [0.15, 0.2) is 17.9 Å². The molecule has 2 rings (SSSR count). The van der Waals surface area contributed by atoms with Crippen molar-refractivity contribution in [1.29, 1.82) is 0 Å². The Bertz CT molecular complexity index is 702. The molecular weight excluding hydrogens is 308 g/mol. The highest BCUT2D eigenvalue weighted by Gasteiger charge is 2.15. The minimum absolute atomic E-state index is 0.0446. The van der Waals surface area contributed by atoms with Crippen molar-refractivity contribution in [2.75, 3.05) is 11.5 Å². The second-order valence-electron chi connectivity index (χ2n) is 5.51. The zero-order valence-electron chi connectivity index (χ0n) is 14.4. The van der Waals surface area contributed by atoms with Crippen LogP contribution in [0.2, 0.25) is 0 Å². The number of benzene rings is 1. The van der Waals surface area contributed by atoms with E-state index in [9.17, 15) is 9.90 Å². The van der Waals surface area contributed by atoms with E-state index in [1.54, 1.807) is 0 Å². The number of phenols is 1. The summed E-state index contributed by atoms with van der Waals surface area (Å²) in [6.45, 7) is 8.12. The summed E-state index contributed by atoms with van der Waals surface area (Å²) in [5.74, 6) is 0.755. The Morgan fingerprint density at radius 2 is 1.88 bits per heavy atom. The smallest absolute Gasteiger partial charge is 0.222 e. The molecule has 0 aliphatic carbocycles. The molecule has 0 spiro atoms. The van der Waals surface area contributed by atoms with Gasteiger partial charge in [0.05, 0.1) is 11.8 Å². The van der Waals surface area contributed by atoms with Gasteiger partial charge in [0, 0.05) is 5.56 Å². The Balaban J connectivity index is 0.000000891. The van der Waals surface area contributed by atoms with Gasteiger partial charge in [0.2, 0.25) is 5.95 Å². The molecule has 1 heterocycles. The lowest BCUT2D eigenvalue weighted by Crippen LogP contribution is -2.03. The van der Waals surface area contributed by atoms with E-state index < -0.39 is 0 Å². The Kier molecular flexibility index (Phi) is 6.98. The predicted octanol–water partition coefficient (Wildman–Crippen LogP) is 3.49. The molecular formula is C17H24N4O3. The number of nitrogens with zero attached hydrogens (tertiary/aromatic N) is 2. The second-order valence-corrected chi connectivity index (χ2v) is 5.51. The van der Waals surface area contributed by atoms with Crippen molar-refractivity contribution in [3.63, 3.8) is 0 Å². The Hall–Kier alpha value is -2.83. The molecule has 2 aromatic rings. The molecule has 24 heavy (non-hydrogen) atoms. The van der Waals surface area contributed by atoms with E-state index in [1.807, 2.05) is 13.8 Å². The number of rotatable bonds is 4. The molecule has 0 bridgehead atoms. The molecule has 0 atom stereocenters. The van der Waals surface area contributed by atoms with Gasteiger partial charge >= 0.3 is 0 Å². The maximum absolute atomic E-state index is 10.9. The summed E-state index contributed by atoms with van der Waals surface area (Å²) < 4.78 is 5.68. The van der Waals surface area contributed by atoms with E-state index in [-0.39, 0.29) is 34.7 Å². The van der Waals surface area contributed by atoms with E-state index in [0.29, 0.717) is 12.0 Å². The van der Waals surface area contributed by atoms with Gasteiger partial charge in [-0.15, -0.1) is 0 Å². The lowest BCUT2D eigenvalue weighted by Gasteiger charge is -2.15. The molecule has 0 amide bonds. The van der Waals surface area contributed by atoms with Crippen molar-refractivity contribution in [2.24, 2.45) is 0 Å². The minimum atomic E-state index is -0.0948. The van der Waals surface area contributed by atoms with Gasteiger partial charge in [0.25, 0.3) is 0 Å². The normalized spacial score (nSPS) is 10.0. The molecule has 0 radical (unpaired) electrons. The van der Waals surface area contributed by atoms with Crippen LogP contribution in [-0.2, 0) is 0 Å². The minimum Gasteiger partial charge on any atom is -0.507 e. The monoisotopic (exact) mass is 332 g/mol. The highest BCUT2D eigenvalue weighted by molar-refractivity contribution is 5.80. The van der Waals surface area contributed by atoms with E-state index >= 15 is 0 Å². The van der Waals surface area contributed by atoms with E-state index in [4.69, 9.17) is 16.2 Å². The molecule has 7 heteroatoms.